The molecule has 1 unspecified atom stereocenters. The summed E-state index contributed by atoms with van der Waals surface area (Å²) < 4.78 is 12.3. The molecule has 1 saturated carbocycles. The Morgan fingerprint density at radius 3 is 2.79 bits per heavy atom. The van der Waals surface area contributed by atoms with Gasteiger partial charge in [-0.05, 0) is 53.8 Å². The topological polar surface area (TPSA) is 70.0 Å². The monoisotopic (exact) mass is 340 g/mol. The summed E-state index contributed by atoms with van der Waals surface area (Å²) in [7, 11) is -2.42. The number of nitrogens with one attached hydrogen (secondary N) is 1. The number of carbonyl (C=O) groups is 1. The molecule has 124 valence electrons. The Kier molecular flexibility index (Phi) is 4.59. The predicted molar refractivity (Wildman–Crippen MR) is 97.9 cm³/mol. The lowest BCUT2D eigenvalue weighted by atomic mass is 9.88. The van der Waals surface area contributed by atoms with Gasteiger partial charge in [0.15, 0.2) is 0 Å². The van der Waals surface area contributed by atoms with Gasteiger partial charge in [-0.15, -0.1) is 0 Å². The molecule has 1 amide bonds. The Morgan fingerprint density at radius 1 is 1.33 bits per heavy atom. The number of hydrogen-bond donors (Lipinski definition) is 1. The maximum absolute atomic E-state index is 12.4. The van der Waals surface area contributed by atoms with Crippen LogP contribution in [-0.2, 0) is 14.3 Å². The predicted octanol–water partition coefficient (Wildman–Crippen LogP) is 3.71. The molecule has 2 aliphatic rings. The van der Waals surface area contributed by atoms with Crippen LogP contribution in [0.5, 0.6) is 0 Å². The summed E-state index contributed by atoms with van der Waals surface area (Å²) >= 11 is 0. The Hall–Kier alpha value is -2.32. The molecule has 1 aromatic rings. The fourth-order valence-electron chi connectivity index (χ4n) is 3.20. The molecule has 1 fully saturated rings. The number of hydrogen-bond acceptors (Lipinski definition) is 3. The van der Waals surface area contributed by atoms with Gasteiger partial charge in [-0.1, -0.05) is 31.4 Å². The van der Waals surface area contributed by atoms with Crippen LogP contribution in [0.1, 0.15) is 37.7 Å². The van der Waals surface area contributed by atoms with E-state index in [9.17, 15) is 14.3 Å². The van der Waals surface area contributed by atoms with Crippen LogP contribution in [0.2, 0.25) is 0 Å². The largest absolute Gasteiger partial charge is 0.321 e. The number of amides is 1. The Balaban J connectivity index is 1.77. The first kappa shape index (κ1) is 16.5. The number of anilines is 1. The third-order valence-corrected chi connectivity index (χ3v) is 6.20. The van der Waals surface area contributed by atoms with Gasteiger partial charge >= 0.3 is 0 Å². The first-order valence-electron chi connectivity index (χ1n) is 8.12. The quantitative estimate of drug-likeness (QED) is 0.518. The second-order valence-electron chi connectivity index (χ2n) is 6.33. The molecule has 24 heavy (non-hydrogen) atoms. The minimum atomic E-state index is -2.42. The third kappa shape index (κ3) is 3.44. The van der Waals surface area contributed by atoms with Crippen molar-refractivity contribution in [1.29, 1.82) is 5.26 Å². The third-order valence-electron chi connectivity index (χ3n) is 4.53. The molecule has 1 aromatic carbocycles. The number of rotatable bonds is 3. The zero-order valence-corrected chi connectivity index (χ0v) is 14.3. The number of allylic oxidation sites excluding steroid dienone is 1. The molecular formula is C19H20N2O2S. The van der Waals surface area contributed by atoms with Crippen LogP contribution in [0.15, 0.2) is 40.2 Å². The molecule has 0 radical (unpaired) electrons. The molecule has 0 bridgehead atoms. The summed E-state index contributed by atoms with van der Waals surface area (Å²) in [4.78, 5) is 13.0. The van der Waals surface area contributed by atoms with Crippen molar-refractivity contribution in [3.8, 4) is 6.07 Å². The number of nitrogens with zero attached hydrogens (tertiary/aromatic N) is 1. The molecule has 0 aromatic heterocycles. The molecule has 1 atom stereocenters. The number of benzene rings is 1. The molecule has 3 rings (SSSR count). The van der Waals surface area contributed by atoms with Crippen LogP contribution in [-0.4, -0.2) is 16.0 Å². The fraction of sp³-hybridized carbons (Fsp3) is 0.316. The second-order valence-corrected chi connectivity index (χ2v) is 8.49. The Labute approximate surface area is 142 Å². The highest BCUT2D eigenvalue weighted by Crippen LogP contribution is 2.30. The fourth-order valence-corrected chi connectivity index (χ4v) is 4.58. The minimum Gasteiger partial charge on any atom is -0.321 e. The van der Waals surface area contributed by atoms with Crippen molar-refractivity contribution >= 4 is 33.1 Å². The first-order chi connectivity index (χ1) is 11.5. The minimum absolute atomic E-state index is 0.149. The Bertz CT molecular complexity index is 867. The molecule has 4 nitrogen and oxygen atoms in total. The van der Waals surface area contributed by atoms with Crippen molar-refractivity contribution in [2.45, 2.75) is 37.0 Å². The highest BCUT2D eigenvalue weighted by atomic mass is 32.2. The van der Waals surface area contributed by atoms with Crippen LogP contribution >= 0.6 is 0 Å². The lowest BCUT2D eigenvalue weighted by Gasteiger charge is -2.18. The van der Waals surface area contributed by atoms with E-state index in [0.29, 0.717) is 16.5 Å². The summed E-state index contributed by atoms with van der Waals surface area (Å²) in [5.74, 6) is 3.62. The highest BCUT2D eigenvalue weighted by Gasteiger charge is 2.18. The van der Waals surface area contributed by atoms with Crippen molar-refractivity contribution in [3.63, 3.8) is 0 Å². The number of fused-ring (bicyclic) bond motifs is 1. The average Bonchev–Trinajstić information content (AvgIpc) is 2.88. The van der Waals surface area contributed by atoms with Gasteiger partial charge < -0.3 is 5.32 Å². The van der Waals surface area contributed by atoms with E-state index in [2.05, 4.69) is 11.2 Å². The molecule has 5 heteroatoms. The van der Waals surface area contributed by atoms with Gasteiger partial charge in [-0.2, -0.15) is 5.26 Å². The van der Waals surface area contributed by atoms with Gasteiger partial charge in [0.2, 0.25) is 0 Å². The normalized spacial score (nSPS) is 23.5. The van der Waals surface area contributed by atoms with E-state index in [1.807, 2.05) is 6.07 Å². The molecule has 1 N–H and O–H groups in total. The van der Waals surface area contributed by atoms with Crippen LogP contribution in [0.3, 0.4) is 0 Å². The molecule has 0 saturated heterocycles. The van der Waals surface area contributed by atoms with E-state index in [-0.39, 0.29) is 5.57 Å². The van der Waals surface area contributed by atoms with Crippen molar-refractivity contribution in [3.05, 3.63) is 40.8 Å². The van der Waals surface area contributed by atoms with Crippen molar-refractivity contribution in [2.75, 3.05) is 5.32 Å². The number of carbonyl (C=O) groups excluding carboxylic acids is 1. The summed E-state index contributed by atoms with van der Waals surface area (Å²) in [6.07, 6.45) is 9.17. The van der Waals surface area contributed by atoms with Crippen LogP contribution in [0.4, 0.5) is 5.69 Å². The maximum Gasteiger partial charge on any atom is 0.265 e. The molecule has 1 aliphatic heterocycles. The van der Waals surface area contributed by atoms with Gasteiger partial charge in [0.1, 0.15) is 11.6 Å². The van der Waals surface area contributed by atoms with E-state index >= 15 is 0 Å². The van der Waals surface area contributed by atoms with Crippen molar-refractivity contribution < 1.29 is 9.00 Å². The zero-order chi connectivity index (χ0) is 17.2. The van der Waals surface area contributed by atoms with E-state index in [0.717, 1.165) is 31.2 Å². The lowest BCUT2D eigenvalue weighted by Crippen LogP contribution is -2.15. The van der Waals surface area contributed by atoms with Crippen molar-refractivity contribution in [2.24, 2.45) is 5.92 Å². The van der Waals surface area contributed by atoms with E-state index in [4.69, 9.17) is 0 Å². The van der Waals surface area contributed by atoms with Crippen molar-refractivity contribution in [1.82, 2.24) is 0 Å². The van der Waals surface area contributed by atoms with Gasteiger partial charge in [-0.25, -0.2) is 0 Å². The molecular weight excluding hydrogens is 320 g/mol. The summed E-state index contributed by atoms with van der Waals surface area (Å²) in [5, 5.41) is 13.6. The smallest absolute Gasteiger partial charge is 0.265 e. The average molecular weight is 340 g/mol. The zero-order valence-electron chi connectivity index (χ0n) is 13.5. The van der Waals surface area contributed by atoms with Crippen LogP contribution in [0, 0.1) is 17.2 Å². The number of nitriles is 1. The van der Waals surface area contributed by atoms with Gasteiger partial charge in [0, 0.05) is 20.1 Å². The van der Waals surface area contributed by atoms with Gasteiger partial charge in [-0.3, -0.25) is 9.00 Å². The SMILES string of the molecule is C=S1(=O)C=Cc2ccc(NC(=O)/C(C#N)=C/C3CCCCC3)cc21. The van der Waals surface area contributed by atoms with E-state index in [1.54, 1.807) is 35.8 Å². The molecule has 1 aliphatic carbocycles. The Morgan fingerprint density at radius 2 is 2.08 bits per heavy atom. The highest BCUT2D eigenvalue weighted by molar-refractivity contribution is 8.03. The first-order valence-corrected chi connectivity index (χ1v) is 9.91. The summed E-state index contributed by atoms with van der Waals surface area (Å²) in [5.41, 5.74) is 1.53. The maximum atomic E-state index is 12.4. The lowest BCUT2D eigenvalue weighted by molar-refractivity contribution is -0.112. The van der Waals surface area contributed by atoms with Gasteiger partial charge in [0.25, 0.3) is 5.91 Å². The van der Waals surface area contributed by atoms with Gasteiger partial charge in [0.05, 0.1) is 0 Å². The van der Waals surface area contributed by atoms with E-state index < -0.39 is 15.4 Å². The van der Waals surface area contributed by atoms with Crippen LogP contribution in [0.25, 0.3) is 6.08 Å². The standard InChI is InChI=1S/C19H20N2O2S/c1-24(23)10-9-15-7-8-17(12-18(15)24)21-19(22)16(13-20)11-14-5-3-2-4-6-14/h7-12,14H,1-6H2,(H,21,22)/b16-11+. The van der Waals surface area contributed by atoms with Crippen LogP contribution < -0.4 is 5.32 Å². The molecule has 1 heterocycles. The summed E-state index contributed by atoms with van der Waals surface area (Å²) in [6, 6.07) is 7.23. The molecule has 0 spiro atoms. The second kappa shape index (κ2) is 6.66. The van der Waals surface area contributed by atoms with E-state index in [1.165, 1.54) is 6.42 Å². The summed E-state index contributed by atoms with van der Waals surface area (Å²) in [6.45, 7) is 0.